The van der Waals surface area contributed by atoms with Crippen LogP contribution in [0.4, 0.5) is 0 Å². The van der Waals surface area contributed by atoms with Crippen LogP contribution in [0.15, 0.2) is 0 Å². The molecule has 0 aromatic carbocycles. The van der Waals surface area contributed by atoms with Crippen LogP contribution in [-0.2, 0) is 4.79 Å². The molecule has 1 fully saturated rings. The van der Waals surface area contributed by atoms with E-state index in [1.165, 1.54) is 0 Å². The Morgan fingerprint density at radius 3 is 2.71 bits per heavy atom. The van der Waals surface area contributed by atoms with E-state index in [4.69, 9.17) is 5.41 Å². The monoisotopic (exact) mass is 197 g/mol. The number of carbonyl (C=O) groups is 1. The summed E-state index contributed by atoms with van der Waals surface area (Å²) in [6, 6.07) is 0. The van der Waals surface area contributed by atoms with Gasteiger partial charge in [0.1, 0.15) is 0 Å². The summed E-state index contributed by atoms with van der Waals surface area (Å²) >= 11 is 0. The zero-order chi connectivity index (χ0) is 10.8. The summed E-state index contributed by atoms with van der Waals surface area (Å²) in [5.41, 5.74) is -0.411. The Hall–Kier alpha value is -1.06. The van der Waals surface area contributed by atoms with Crippen molar-refractivity contribution < 1.29 is 4.79 Å². The minimum Gasteiger partial charge on any atom is -0.359 e. The number of amides is 1. The molecule has 0 atom stereocenters. The van der Waals surface area contributed by atoms with Crippen molar-refractivity contribution in [3.63, 3.8) is 0 Å². The van der Waals surface area contributed by atoms with Gasteiger partial charge in [0.25, 0.3) is 0 Å². The fraction of sp³-hybridized carbons (Fsp3) is 0.800. The van der Waals surface area contributed by atoms with Gasteiger partial charge in [-0.05, 0) is 20.3 Å². The first kappa shape index (κ1) is 11.0. The Morgan fingerprint density at radius 1 is 1.64 bits per heavy atom. The van der Waals surface area contributed by atoms with Gasteiger partial charge < -0.3 is 10.2 Å². The Bertz CT molecular complexity index is 248. The number of likely N-dealkylation sites (tertiary alicyclic amines) is 1. The lowest BCUT2D eigenvalue weighted by Crippen LogP contribution is -2.44. The zero-order valence-electron chi connectivity index (χ0n) is 9.18. The van der Waals surface area contributed by atoms with Crippen LogP contribution in [0.1, 0.15) is 26.7 Å². The van der Waals surface area contributed by atoms with Gasteiger partial charge in [-0.15, -0.1) is 0 Å². The van der Waals surface area contributed by atoms with Crippen LogP contribution in [-0.4, -0.2) is 36.8 Å². The summed E-state index contributed by atoms with van der Waals surface area (Å²) < 4.78 is 0. The van der Waals surface area contributed by atoms with E-state index in [-0.39, 0.29) is 5.91 Å². The van der Waals surface area contributed by atoms with Crippen LogP contribution in [0.5, 0.6) is 0 Å². The van der Waals surface area contributed by atoms with Gasteiger partial charge in [-0.1, -0.05) is 0 Å². The number of hydrogen-bond donors (Lipinski definition) is 2. The first-order chi connectivity index (χ1) is 6.47. The molecule has 1 amide bonds. The van der Waals surface area contributed by atoms with E-state index in [0.29, 0.717) is 12.4 Å². The van der Waals surface area contributed by atoms with Crippen molar-refractivity contribution in [3.8, 4) is 0 Å². The van der Waals surface area contributed by atoms with Crippen LogP contribution in [0.25, 0.3) is 0 Å². The lowest BCUT2D eigenvalue weighted by molar-refractivity contribution is -0.129. The topological polar surface area (TPSA) is 56.2 Å². The van der Waals surface area contributed by atoms with Crippen molar-refractivity contribution in [1.82, 2.24) is 10.2 Å². The molecule has 4 nitrogen and oxygen atoms in total. The lowest BCUT2D eigenvalue weighted by atomic mass is 9.91. The van der Waals surface area contributed by atoms with Gasteiger partial charge in [0.05, 0.1) is 11.3 Å². The molecule has 14 heavy (non-hydrogen) atoms. The van der Waals surface area contributed by atoms with Crippen molar-refractivity contribution in [2.75, 3.05) is 20.1 Å². The quantitative estimate of drug-likeness (QED) is 0.704. The van der Waals surface area contributed by atoms with E-state index in [0.717, 1.165) is 19.4 Å². The molecule has 1 aliphatic rings. The second kappa shape index (κ2) is 3.98. The van der Waals surface area contributed by atoms with E-state index < -0.39 is 5.41 Å². The number of rotatable bonds is 3. The highest BCUT2D eigenvalue weighted by atomic mass is 16.2. The second-order valence-electron chi connectivity index (χ2n) is 4.43. The number of nitrogens with one attached hydrogen (secondary N) is 2. The minimum absolute atomic E-state index is 0.0391. The molecule has 0 aromatic rings. The van der Waals surface area contributed by atoms with Crippen LogP contribution >= 0.6 is 0 Å². The van der Waals surface area contributed by atoms with Crippen LogP contribution in [0.3, 0.4) is 0 Å². The molecule has 0 bridgehead atoms. The highest BCUT2D eigenvalue weighted by Crippen LogP contribution is 2.21. The normalized spacial score (nSPS) is 17.4. The molecule has 0 saturated carbocycles. The molecule has 0 aliphatic carbocycles. The summed E-state index contributed by atoms with van der Waals surface area (Å²) in [4.78, 5) is 13.5. The molecular formula is C10H19N3O. The molecule has 2 N–H and O–H groups in total. The maximum absolute atomic E-state index is 11.5. The Labute approximate surface area is 85.2 Å². The molecular weight excluding hydrogens is 178 g/mol. The number of amidine groups is 1. The van der Waals surface area contributed by atoms with Gasteiger partial charge in [-0.3, -0.25) is 10.2 Å². The molecule has 1 aliphatic heterocycles. The fourth-order valence-electron chi connectivity index (χ4n) is 1.79. The van der Waals surface area contributed by atoms with Gasteiger partial charge in [-0.25, -0.2) is 0 Å². The molecule has 80 valence electrons. The summed E-state index contributed by atoms with van der Waals surface area (Å²) in [6.07, 6.45) is 1.90. The van der Waals surface area contributed by atoms with E-state index in [2.05, 4.69) is 5.32 Å². The average Bonchev–Trinajstić information content (AvgIpc) is 2.50. The molecule has 0 radical (unpaired) electrons. The SMILES string of the molecule is CNC(=O)C(C)(C)CN1CCCC1=N. The van der Waals surface area contributed by atoms with Crippen molar-refractivity contribution in [3.05, 3.63) is 0 Å². The highest BCUT2D eigenvalue weighted by Gasteiger charge is 2.31. The van der Waals surface area contributed by atoms with E-state index in [1.807, 2.05) is 18.7 Å². The summed E-state index contributed by atoms with van der Waals surface area (Å²) in [6.45, 7) is 5.39. The smallest absolute Gasteiger partial charge is 0.227 e. The molecule has 1 rings (SSSR count). The summed E-state index contributed by atoms with van der Waals surface area (Å²) in [5.74, 6) is 0.708. The zero-order valence-corrected chi connectivity index (χ0v) is 9.18. The third kappa shape index (κ3) is 2.25. The third-order valence-corrected chi connectivity index (χ3v) is 2.65. The molecule has 4 heteroatoms. The number of carbonyl (C=O) groups excluding carboxylic acids is 1. The van der Waals surface area contributed by atoms with Crippen LogP contribution < -0.4 is 5.32 Å². The highest BCUT2D eigenvalue weighted by molar-refractivity contribution is 5.84. The third-order valence-electron chi connectivity index (χ3n) is 2.65. The van der Waals surface area contributed by atoms with E-state index in [9.17, 15) is 4.79 Å². The summed E-state index contributed by atoms with van der Waals surface area (Å²) in [5, 5.41) is 10.3. The Morgan fingerprint density at radius 2 is 2.29 bits per heavy atom. The van der Waals surface area contributed by atoms with Crippen LogP contribution in [0, 0.1) is 10.8 Å². The maximum atomic E-state index is 11.5. The fourth-order valence-corrected chi connectivity index (χ4v) is 1.79. The van der Waals surface area contributed by atoms with Gasteiger partial charge in [0.15, 0.2) is 0 Å². The minimum atomic E-state index is -0.411. The largest absolute Gasteiger partial charge is 0.359 e. The van der Waals surface area contributed by atoms with Crippen molar-refractivity contribution in [2.24, 2.45) is 5.41 Å². The van der Waals surface area contributed by atoms with Gasteiger partial charge in [0.2, 0.25) is 5.91 Å². The van der Waals surface area contributed by atoms with Crippen molar-refractivity contribution in [1.29, 1.82) is 5.41 Å². The van der Waals surface area contributed by atoms with E-state index >= 15 is 0 Å². The van der Waals surface area contributed by atoms with Crippen molar-refractivity contribution >= 4 is 11.7 Å². The molecule has 1 heterocycles. The van der Waals surface area contributed by atoms with Gasteiger partial charge >= 0.3 is 0 Å². The standard InChI is InChI=1S/C10H19N3O/c1-10(2,9(14)12-3)7-13-6-4-5-8(13)11/h11H,4-7H2,1-3H3,(H,12,14). The first-order valence-electron chi connectivity index (χ1n) is 5.02. The molecule has 0 unspecified atom stereocenters. The predicted molar refractivity (Wildman–Crippen MR) is 56.4 cm³/mol. The average molecular weight is 197 g/mol. The second-order valence-corrected chi connectivity index (χ2v) is 4.43. The van der Waals surface area contributed by atoms with Crippen LogP contribution in [0.2, 0.25) is 0 Å². The number of nitrogens with zero attached hydrogens (tertiary/aromatic N) is 1. The lowest BCUT2D eigenvalue weighted by Gasteiger charge is -2.29. The predicted octanol–water partition coefficient (Wildman–Crippen LogP) is 0.832. The first-order valence-corrected chi connectivity index (χ1v) is 5.02. The van der Waals surface area contributed by atoms with E-state index in [1.54, 1.807) is 7.05 Å². The molecule has 0 spiro atoms. The number of hydrogen-bond acceptors (Lipinski definition) is 2. The maximum Gasteiger partial charge on any atom is 0.227 e. The van der Waals surface area contributed by atoms with Gasteiger partial charge in [0, 0.05) is 26.6 Å². The van der Waals surface area contributed by atoms with Crippen molar-refractivity contribution in [2.45, 2.75) is 26.7 Å². The Kier molecular flexibility index (Phi) is 3.13. The molecule has 0 aromatic heterocycles. The molecule has 1 saturated heterocycles. The Balaban J connectivity index is 2.58. The van der Waals surface area contributed by atoms with Gasteiger partial charge in [-0.2, -0.15) is 0 Å². The summed E-state index contributed by atoms with van der Waals surface area (Å²) in [7, 11) is 1.65.